The van der Waals surface area contributed by atoms with Crippen LogP contribution >= 0.6 is 0 Å². The van der Waals surface area contributed by atoms with Gasteiger partial charge in [-0.2, -0.15) is 0 Å². The largest absolute Gasteiger partial charge is 0.573 e. The van der Waals surface area contributed by atoms with Gasteiger partial charge >= 0.3 is 18.2 Å². The van der Waals surface area contributed by atoms with Crippen LogP contribution in [-0.4, -0.2) is 52.7 Å². The van der Waals surface area contributed by atoms with Crippen molar-refractivity contribution in [3.8, 4) is 23.3 Å². The lowest BCUT2D eigenvalue weighted by molar-refractivity contribution is -0.389. The standard InChI is InChI=1S/C25H25F3N4O6/c26-25(27,28)38-21-3-1-17(2-4-21)30-12-9-20(10-13-30)36-19-7-5-18(6-8-19)35-16-22-11-14-31-15-23(32(33)34)29-24(31)37-22/h1-8,15,20,22H,9-14,16H2. The number of halogens is 3. The molecular formula is C25H25F3N4O6. The molecule has 2 aromatic carbocycles. The molecule has 0 amide bonds. The Balaban J connectivity index is 1.05. The van der Waals surface area contributed by atoms with E-state index in [1.807, 2.05) is 24.3 Å². The molecule has 0 saturated carbocycles. The van der Waals surface area contributed by atoms with Crippen molar-refractivity contribution in [2.24, 2.45) is 0 Å². The topological polar surface area (TPSA) is 101 Å². The first-order valence-corrected chi connectivity index (χ1v) is 12.1. The minimum Gasteiger partial charge on any atom is -0.490 e. The summed E-state index contributed by atoms with van der Waals surface area (Å²) in [5, 5.41) is 10.9. The van der Waals surface area contributed by atoms with Crippen LogP contribution in [0.3, 0.4) is 0 Å². The summed E-state index contributed by atoms with van der Waals surface area (Å²) in [6.07, 6.45) is -1.40. The van der Waals surface area contributed by atoms with Crippen molar-refractivity contribution in [2.75, 3.05) is 24.6 Å². The fourth-order valence-electron chi connectivity index (χ4n) is 4.42. The van der Waals surface area contributed by atoms with Gasteiger partial charge in [-0.25, -0.2) is 0 Å². The second kappa shape index (κ2) is 10.7. The maximum Gasteiger partial charge on any atom is 0.573 e. The Hall–Kier alpha value is -4.16. The summed E-state index contributed by atoms with van der Waals surface area (Å²) in [4.78, 5) is 16.3. The van der Waals surface area contributed by atoms with Gasteiger partial charge in [0.15, 0.2) is 0 Å². The van der Waals surface area contributed by atoms with Crippen molar-refractivity contribution >= 4 is 11.5 Å². The van der Waals surface area contributed by atoms with Crippen LogP contribution in [0.5, 0.6) is 23.3 Å². The number of aromatic nitrogens is 2. The fourth-order valence-corrected chi connectivity index (χ4v) is 4.42. The molecule has 1 fully saturated rings. The van der Waals surface area contributed by atoms with E-state index >= 15 is 0 Å². The second-order valence-electron chi connectivity index (χ2n) is 8.99. The van der Waals surface area contributed by atoms with Gasteiger partial charge in [0.1, 0.15) is 42.3 Å². The quantitative estimate of drug-likeness (QED) is 0.295. The molecule has 10 nitrogen and oxygen atoms in total. The van der Waals surface area contributed by atoms with Crippen molar-refractivity contribution in [3.63, 3.8) is 0 Å². The summed E-state index contributed by atoms with van der Waals surface area (Å²) >= 11 is 0. The molecule has 38 heavy (non-hydrogen) atoms. The third-order valence-electron chi connectivity index (χ3n) is 6.32. The van der Waals surface area contributed by atoms with Gasteiger partial charge in [0.25, 0.3) is 0 Å². The van der Waals surface area contributed by atoms with Gasteiger partial charge in [-0.05, 0) is 53.5 Å². The molecule has 1 atom stereocenters. The molecule has 1 unspecified atom stereocenters. The number of anilines is 1. The van der Waals surface area contributed by atoms with E-state index in [9.17, 15) is 23.3 Å². The third-order valence-corrected chi connectivity index (χ3v) is 6.32. The van der Waals surface area contributed by atoms with Gasteiger partial charge in [-0.15, -0.1) is 13.2 Å². The van der Waals surface area contributed by atoms with Crippen molar-refractivity contribution in [3.05, 3.63) is 64.8 Å². The molecule has 1 aromatic heterocycles. The van der Waals surface area contributed by atoms with E-state index in [4.69, 9.17) is 14.2 Å². The van der Waals surface area contributed by atoms with E-state index in [1.165, 1.54) is 18.3 Å². The minimum absolute atomic E-state index is 0.0225. The van der Waals surface area contributed by atoms with Crippen molar-refractivity contribution in [1.82, 2.24) is 9.55 Å². The Morgan fingerprint density at radius 1 is 0.974 bits per heavy atom. The van der Waals surface area contributed by atoms with Gasteiger partial charge in [-0.3, -0.25) is 4.57 Å². The molecule has 0 N–H and O–H groups in total. The predicted octanol–water partition coefficient (Wildman–Crippen LogP) is 4.97. The van der Waals surface area contributed by atoms with E-state index < -0.39 is 11.3 Å². The molecule has 3 aromatic rings. The molecule has 3 heterocycles. The number of fused-ring (bicyclic) bond motifs is 1. The lowest BCUT2D eigenvalue weighted by atomic mass is 10.1. The number of nitro groups is 1. The average molecular weight is 534 g/mol. The highest BCUT2D eigenvalue weighted by Crippen LogP contribution is 2.29. The Bertz CT molecular complexity index is 1240. The minimum atomic E-state index is -4.70. The molecule has 202 valence electrons. The van der Waals surface area contributed by atoms with Crippen LogP contribution in [0.15, 0.2) is 54.7 Å². The number of alkyl halides is 3. The Morgan fingerprint density at radius 3 is 2.29 bits per heavy atom. The summed E-state index contributed by atoms with van der Waals surface area (Å²) in [7, 11) is 0. The molecule has 13 heteroatoms. The summed E-state index contributed by atoms with van der Waals surface area (Å²) in [6, 6.07) is 13.4. The Kier molecular flexibility index (Phi) is 7.16. The van der Waals surface area contributed by atoms with Crippen molar-refractivity contribution in [1.29, 1.82) is 0 Å². The lowest BCUT2D eigenvalue weighted by Gasteiger charge is -2.33. The number of rotatable bonds is 8. The number of ether oxygens (including phenoxy) is 4. The van der Waals surface area contributed by atoms with Crippen LogP contribution in [-0.2, 0) is 6.54 Å². The molecular weight excluding hydrogens is 509 g/mol. The number of piperidine rings is 1. The number of aryl methyl sites for hydroxylation is 1. The van der Waals surface area contributed by atoms with Crippen molar-refractivity contribution < 1.29 is 37.0 Å². The number of benzene rings is 2. The normalized spacial score (nSPS) is 17.9. The highest BCUT2D eigenvalue weighted by molar-refractivity contribution is 5.49. The molecule has 0 aliphatic carbocycles. The molecule has 0 bridgehead atoms. The first-order chi connectivity index (χ1) is 18.2. The van der Waals surface area contributed by atoms with Crippen LogP contribution in [0.25, 0.3) is 0 Å². The zero-order chi connectivity index (χ0) is 26.7. The van der Waals surface area contributed by atoms with Crippen molar-refractivity contribution in [2.45, 2.75) is 44.4 Å². The number of hydrogen-bond donors (Lipinski definition) is 0. The zero-order valence-electron chi connectivity index (χ0n) is 20.2. The van der Waals surface area contributed by atoms with Gasteiger partial charge < -0.3 is 34.0 Å². The monoisotopic (exact) mass is 534 g/mol. The molecule has 1 saturated heterocycles. The highest BCUT2D eigenvalue weighted by atomic mass is 19.4. The van der Waals surface area contributed by atoms with Gasteiger partial charge in [-0.1, -0.05) is 0 Å². The predicted molar refractivity (Wildman–Crippen MR) is 129 cm³/mol. The highest BCUT2D eigenvalue weighted by Gasteiger charge is 2.31. The summed E-state index contributed by atoms with van der Waals surface area (Å²) in [5.74, 6) is 0.884. The van der Waals surface area contributed by atoms with Crippen LogP contribution in [0.2, 0.25) is 0 Å². The van der Waals surface area contributed by atoms with Crippen LogP contribution in [0.1, 0.15) is 19.3 Å². The summed E-state index contributed by atoms with van der Waals surface area (Å²) < 4.78 is 60.2. The van der Waals surface area contributed by atoms with E-state index in [0.717, 1.165) is 18.5 Å². The number of hydrogen-bond acceptors (Lipinski definition) is 8. The lowest BCUT2D eigenvalue weighted by Crippen LogP contribution is -2.38. The number of imidazole rings is 1. The average Bonchev–Trinajstić information content (AvgIpc) is 3.32. The van der Waals surface area contributed by atoms with Crippen LogP contribution in [0.4, 0.5) is 24.7 Å². The molecule has 2 aliphatic heterocycles. The van der Waals surface area contributed by atoms with Crippen LogP contribution < -0.4 is 23.8 Å². The maximum absolute atomic E-state index is 12.3. The maximum atomic E-state index is 12.3. The third kappa shape index (κ3) is 6.39. The smallest absolute Gasteiger partial charge is 0.490 e. The van der Waals surface area contributed by atoms with Crippen LogP contribution in [0, 0.1) is 10.1 Å². The Morgan fingerprint density at radius 2 is 1.63 bits per heavy atom. The van der Waals surface area contributed by atoms with E-state index in [1.54, 1.807) is 16.7 Å². The van der Waals surface area contributed by atoms with E-state index in [-0.39, 0.29) is 36.4 Å². The Labute approximate surface area is 215 Å². The first-order valence-electron chi connectivity index (χ1n) is 12.1. The molecule has 0 spiro atoms. The SMILES string of the molecule is O=[N+]([O-])c1cn2c(n1)OC(COc1ccc(OC3CCN(c4ccc(OC(F)(F)F)cc4)CC3)cc1)CC2. The zero-order valence-corrected chi connectivity index (χ0v) is 20.2. The van der Waals surface area contributed by atoms with Gasteiger partial charge in [0.2, 0.25) is 0 Å². The first kappa shape index (κ1) is 25.5. The summed E-state index contributed by atoms with van der Waals surface area (Å²) in [6.45, 7) is 2.28. The number of nitrogens with zero attached hydrogens (tertiary/aromatic N) is 4. The fraction of sp³-hybridized carbons (Fsp3) is 0.400. The molecule has 0 radical (unpaired) electrons. The second-order valence-corrected chi connectivity index (χ2v) is 8.99. The van der Waals surface area contributed by atoms with E-state index in [2.05, 4.69) is 14.6 Å². The van der Waals surface area contributed by atoms with E-state index in [0.29, 0.717) is 37.6 Å². The van der Waals surface area contributed by atoms with Gasteiger partial charge in [0, 0.05) is 49.6 Å². The molecule has 2 aliphatic rings. The molecule has 5 rings (SSSR count). The van der Waals surface area contributed by atoms with Gasteiger partial charge in [0.05, 0.1) is 0 Å². The summed E-state index contributed by atoms with van der Waals surface area (Å²) in [5.41, 5.74) is 0.837.